The zero-order valence-corrected chi connectivity index (χ0v) is 27.0. The molecule has 2 saturated heterocycles. The fourth-order valence-electron chi connectivity index (χ4n) is 5.51. The summed E-state index contributed by atoms with van der Waals surface area (Å²) in [6, 6.07) is 7.85. The molecule has 0 spiro atoms. The molecule has 2 aliphatic heterocycles. The van der Waals surface area contributed by atoms with E-state index in [0.717, 1.165) is 31.2 Å². The molecule has 0 bridgehead atoms. The van der Waals surface area contributed by atoms with Crippen LogP contribution in [-0.2, 0) is 39.8 Å². The first-order valence-electron chi connectivity index (χ1n) is 16.3. The molecule has 254 valence electrons. The average Bonchev–Trinajstić information content (AvgIpc) is 3.03. The summed E-state index contributed by atoms with van der Waals surface area (Å²) in [4.78, 5) is 25.9. The van der Waals surface area contributed by atoms with E-state index in [-0.39, 0.29) is 26.2 Å². The van der Waals surface area contributed by atoms with Gasteiger partial charge in [0.25, 0.3) is 5.91 Å². The Balaban J connectivity index is 1.63. The molecule has 11 heteroatoms. The standard InChI is InChI=1S/C34H52FNO9/c1-5-7-8-9-10-11-12-13-17-20-25(44-33(39)41-22-24-18-15-14-16-19-24)27(35)31(38)36-28-29(37)30-26(23-42-34(3,4)45-30)43-32(28)40-21-6-2/h6,14-16,18-19,25-30,32,37H,2,5,7-13,17,20-23H2,1,3-4H3,(H,36,38)/t25-,26-,27+,28-,29-,30-,32-/m1/s1. The minimum atomic E-state index is -2.24. The summed E-state index contributed by atoms with van der Waals surface area (Å²) in [5.74, 6) is -2.07. The third-order valence-electron chi connectivity index (χ3n) is 7.99. The van der Waals surface area contributed by atoms with Crippen LogP contribution in [0.15, 0.2) is 43.0 Å². The molecule has 0 aliphatic carbocycles. The summed E-state index contributed by atoms with van der Waals surface area (Å²) in [6.07, 6.45) is 2.41. The maximum atomic E-state index is 15.9. The van der Waals surface area contributed by atoms with Crippen molar-refractivity contribution < 1.29 is 47.5 Å². The van der Waals surface area contributed by atoms with Gasteiger partial charge in [0.2, 0.25) is 6.17 Å². The number of hydrogen-bond acceptors (Lipinski definition) is 9. The highest BCUT2D eigenvalue weighted by Gasteiger charge is 2.52. The molecule has 0 saturated carbocycles. The Morgan fingerprint density at radius 3 is 2.44 bits per heavy atom. The number of aliphatic hydroxyl groups excluding tert-OH is 1. The lowest BCUT2D eigenvalue weighted by Gasteiger charge is -2.49. The summed E-state index contributed by atoms with van der Waals surface area (Å²) < 4.78 is 49.6. The molecule has 2 N–H and O–H groups in total. The van der Waals surface area contributed by atoms with Gasteiger partial charge in [0.15, 0.2) is 12.1 Å². The summed E-state index contributed by atoms with van der Waals surface area (Å²) in [5, 5.41) is 13.8. The third-order valence-corrected chi connectivity index (χ3v) is 7.99. The number of benzene rings is 1. The SMILES string of the molecule is C=CCO[C@@H]1O[C@@H]2COC(C)(C)O[C@H]2[C@H](O)[C@H]1NC(=O)[C@@H](F)[C@@H](CCCCCCCCCCC)OC(=O)OCc1ccccc1. The molecule has 1 amide bonds. The molecule has 3 rings (SSSR count). The van der Waals surface area contributed by atoms with Crippen LogP contribution in [0.25, 0.3) is 0 Å². The van der Waals surface area contributed by atoms with Crippen LogP contribution < -0.4 is 5.32 Å². The molecule has 2 aliphatic rings. The molecule has 0 unspecified atom stereocenters. The van der Waals surface area contributed by atoms with Crippen molar-refractivity contribution in [3.05, 3.63) is 48.6 Å². The molecule has 10 nitrogen and oxygen atoms in total. The van der Waals surface area contributed by atoms with Crippen LogP contribution in [0.5, 0.6) is 0 Å². The van der Waals surface area contributed by atoms with Crippen LogP contribution in [0.3, 0.4) is 0 Å². The molecule has 2 fully saturated rings. The van der Waals surface area contributed by atoms with Gasteiger partial charge in [0.05, 0.1) is 13.2 Å². The first-order chi connectivity index (χ1) is 21.6. The number of unbranched alkanes of at least 4 members (excludes halogenated alkanes) is 8. The fraction of sp³-hybridized carbons (Fsp3) is 0.706. The van der Waals surface area contributed by atoms with Gasteiger partial charge in [-0.15, -0.1) is 6.58 Å². The van der Waals surface area contributed by atoms with Crippen molar-refractivity contribution in [2.75, 3.05) is 13.2 Å². The van der Waals surface area contributed by atoms with Crippen molar-refractivity contribution in [1.82, 2.24) is 5.32 Å². The molecular weight excluding hydrogens is 585 g/mol. The zero-order valence-electron chi connectivity index (χ0n) is 27.0. The van der Waals surface area contributed by atoms with Gasteiger partial charge in [-0.05, 0) is 32.3 Å². The monoisotopic (exact) mass is 637 g/mol. The first kappa shape index (κ1) is 36.9. The molecule has 7 atom stereocenters. The second kappa shape index (κ2) is 19.2. The number of ether oxygens (including phenoxy) is 6. The van der Waals surface area contributed by atoms with E-state index < -0.39 is 60.8 Å². The summed E-state index contributed by atoms with van der Waals surface area (Å²) >= 11 is 0. The van der Waals surface area contributed by atoms with Crippen molar-refractivity contribution in [1.29, 1.82) is 0 Å². The van der Waals surface area contributed by atoms with Gasteiger partial charge < -0.3 is 38.8 Å². The fourth-order valence-corrected chi connectivity index (χ4v) is 5.51. The number of carbonyl (C=O) groups excluding carboxylic acids is 2. The Morgan fingerprint density at radius 2 is 1.78 bits per heavy atom. The van der Waals surface area contributed by atoms with Crippen LogP contribution in [0.1, 0.15) is 90.5 Å². The minimum absolute atomic E-state index is 0.0515. The Bertz CT molecular complexity index is 1030. The Kier molecular flexibility index (Phi) is 15.7. The average molecular weight is 638 g/mol. The number of amides is 1. The van der Waals surface area contributed by atoms with Crippen LogP contribution in [0, 0.1) is 0 Å². The van der Waals surface area contributed by atoms with Crippen molar-refractivity contribution in [3.63, 3.8) is 0 Å². The van der Waals surface area contributed by atoms with Crippen molar-refractivity contribution in [2.45, 2.75) is 140 Å². The van der Waals surface area contributed by atoms with Crippen LogP contribution in [0.4, 0.5) is 9.18 Å². The highest BCUT2D eigenvalue weighted by molar-refractivity contribution is 5.82. The van der Waals surface area contributed by atoms with E-state index >= 15 is 4.39 Å². The van der Waals surface area contributed by atoms with E-state index in [1.165, 1.54) is 31.8 Å². The van der Waals surface area contributed by atoms with Crippen molar-refractivity contribution >= 4 is 12.1 Å². The molecular formula is C34H52FNO9. The predicted molar refractivity (Wildman–Crippen MR) is 166 cm³/mol. The van der Waals surface area contributed by atoms with E-state index in [1.54, 1.807) is 26.0 Å². The number of fused-ring (bicyclic) bond motifs is 1. The van der Waals surface area contributed by atoms with E-state index in [1.807, 2.05) is 18.2 Å². The second-order valence-electron chi connectivity index (χ2n) is 12.2. The maximum Gasteiger partial charge on any atom is 0.508 e. The number of carbonyl (C=O) groups is 2. The van der Waals surface area contributed by atoms with Crippen LogP contribution >= 0.6 is 0 Å². The molecule has 1 aromatic carbocycles. The predicted octanol–water partition coefficient (Wildman–Crippen LogP) is 5.89. The largest absolute Gasteiger partial charge is 0.508 e. The Morgan fingerprint density at radius 1 is 1.11 bits per heavy atom. The summed E-state index contributed by atoms with van der Waals surface area (Å²) in [5.41, 5.74) is 0.744. The second-order valence-corrected chi connectivity index (χ2v) is 12.2. The topological polar surface area (TPSA) is 122 Å². The molecule has 1 aromatic rings. The quantitative estimate of drug-likeness (QED) is 0.109. The van der Waals surface area contributed by atoms with Gasteiger partial charge in [-0.1, -0.05) is 94.7 Å². The van der Waals surface area contributed by atoms with Crippen LogP contribution in [0.2, 0.25) is 0 Å². The van der Waals surface area contributed by atoms with E-state index in [0.29, 0.717) is 6.42 Å². The zero-order chi connectivity index (χ0) is 32.7. The Labute approximate surface area is 266 Å². The summed E-state index contributed by atoms with van der Waals surface area (Å²) in [7, 11) is 0. The van der Waals surface area contributed by atoms with Gasteiger partial charge in [0.1, 0.15) is 37.1 Å². The number of aliphatic hydroxyl groups is 1. The molecule has 45 heavy (non-hydrogen) atoms. The van der Waals surface area contributed by atoms with Crippen molar-refractivity contribution in [2.24, 2.45) is 0 Å². The van der Waals surface area contributed by atoms with Crippen molar-refractivity contribution in [3.8, 4) is 0 Å². The third kappa shape index (κ3) is 12.3. The normalized spacial score (nSPS) is 25.4. The lowest BCUT2D eigenvalue weighted by Crippen LogP contribution is -2.69. The molecule has 0 radical (unpaired) electrons. The first-order valence-corrected chi connectivity index (χ1v) is 16.3. The van der Waals surface area contributed by atoms with Gasteiger partial charge in [-0.2, -0.15) is 0 Å². The Hall–Kier alpha value is -2.57. The molecule has 0 aromatic heterocycles. The van der Waals surface area contributed by atoms with E-state index in [2.05, 4.69) is 18.8 Å². The van der Waals surface area contributed by atoms with Gasteiger partial charge in [-0.25, -0.2) is 9.18 Å². The minimum Gasteiger partial charge on any atom is -0.429 e. The van der Waals surface area contributed by atoms with Gasteiger partial charge in [-0.3, -0.25) is 4.79 Å². The van der Waals surface area contributed by atoms with E-state index in [4.69, 9.17) is 28.4 Å². The number of hydrogen-bond donors (Lipinski definition) is 2. The van der Waals surface area contributed by atoms with E-state index in [9.17, 15) is 14.7 Å². The number of alkyl halides is 1. The molecule has 2 heterocycles. The van der Waals surface area contributed by atoms with Gasteiger partial charge >= 0.3 is 6.16 Å². The lowest BCUT2D eigenvalue weighted by atomic mass is 9.95. The van der Waals surface area contributed by atoms with Crippen LogP contribution in [-0.4, -0.2) is 79.1 Å². The lowest BCUT2D eigenvalue weighted by molar-refractivity contribution is -0.368. The van der Waals surface area contributed by atoms with Gasteiger partial charge in [0, 0.05) is 0 Å². The highest BCUT2D eigenvalue weighted by atomic mass is 19.1. The number of nitrogens with one attached hydrogen (secondary N) is 1. The number of halogens is 1. The highest BCUT2D eigenvalue weighted by Crippen LogP contribution is 2.33. The maximum absolute atomic E-state index is 15.9. The summed E-state index contributed by atoms with van der Waals surface area (Å²) in [6.45, 7) is 9.36. The number of rotatable bonds is 19. The smallest absolute Gasteiger partial charge is 0.429 e.